The molecule has 0 bridgehead atoms. The van der Waals surface area contributed by atoms with Crippen molar-refractivity contribution in [2.45, 2.75) is 10.3 Å². The Balaban J connectivity index is 1.89. The van der Waals surface area contributed by atoms with E-state index in [1.165, 1.54) is 11.8 Å². The molecule has 0 aliphatic heterocycles. The van der Waals surface area contributed by atoms with Crippen LogP contribution in [-0.4, -0.2) is 13.0 Å². The topological polar surface area (TPSA) is 38.3 Å². The molecular formula is C21H17Cl2NO2S. The fourth-order valence-electron chi connectivity index (χ4n) is 2.47. The SMILES string of the molecule is COc1ccc(SC(NC(=O)c2ccccc2)c2ccc(Cl)cc2Cl)cc1. The van der Waals surface area contributed by atoms with Gasteiger partial charge in [-0.25, -0.2) is 0 Å². The highest BCUT2D eigenvalue weighted by Gasteiger charge is 2.20. The van der Waals surface area contributed by atoms with Crippen LogP contribution in [0.5, 0.6) is 5.75 Å². The van der Waals surface area contributed by atoms with Crippen LogP contribution < -0.4 is 10.1 Å². The third-order valence-corrected chi connectivity index (χ3v) is 5.57. The summed E-state index contributed by atoms with van der Waals surface area (Å²) in [6.45, 7) is 0. The molecule has 3 aromatic rings. The molecule has 3 nitrogen and oxygen atoms in total. The number of methoxy groups -OCH3 is 1. The summed E-state index contributed by atoms with van der Waals surface area (Å²) in [5, 5.41) is 3.72. The van der Waals surface area contributed by atoms with E-state index < -0.39 is 0 Å². The maximum atomic E-state index is 12.7. The minimum absolute atomic E-state index is 0.173. The molecule has 0 aromatic heterocycles. The van der Waals surface area contributed by atoms with Crippen molar-refractivity contribution in [3.63, 3.8) is 0 Å². The Hall–Kier alpha value is -2.14. The van der Waals surface area contributed by atoms with E-state index in [-0.39, 0.29) is 11.3 Å². The minimum Gasteiger partial charge on any atom is -0.497 e. The highest BCUT2D eigenvalue weighted by molar-refractivity contribution is 7.99. The van der Waals surface area contributed by atoms with E-state index >= 15 is 0 Å². The van der Waals surface area contributed by atoms with Gasteiger partial charge in [0, 0.05) is 26.1 Å². The van der Waals surface area contributed by atoms with Gasteiger partial charge in [-0.2, -0.15) is 0 Å². The molecule has 0 spiro atoms. The zero-order valence-electron chi connectivity index (χ0n) is 14.5. The molecule has 0 heterocycles. The maximum absolute atomic E-state index is 12.7. The highest BCUT2D eigenvalue weighted by Crippen LogP contribution is 2.38. The lowest BCUT2D eigenvalue weighted by molar-refractivity contribution is 0.0949. The summed E-state index contributed by atoms with van der Waals surface area (Å²) in [6.07, 6.45) is 0. The van der Waals surface area contributed by atoms with E-state index in [0.717, 1.165) is 16.2 Å². The quantitative estimate of drug-likeness (QED) is 0.381. The minimum atomic E-state index is -0.379. The van der Waals surface area contributed by atoms with Crippen LogP contribution in [0.25, 0.3) is 0 Å². The molecule has 0 aliphatic carbocycles. The number of carbonyl (C=O) groups excluding carboxylic acids is 1. The second-order valence-electron chi connectivity index (χ2n) is 5.68. The van der Waals surface area contributed by atoms with Crippen LogP contribution in [0, 0.1) is 0 Å². The van der Waals surface area contributed by atoms with Crippen molar-refractivity contribution in [1.82, 2.24) is 5.32 Å². The van der Waals surface area contributed by atoms with Crippen molar-refractivity contribution < 1.29 is 9.53 Å². The summed E-state index contributed by atoms with van der Waals surface area (Å²) >= 11 is 13.9. The maximum Gasteiger partial charge on any atom is 0.252 e. The monoisotopic (exact) mass is 417 g/mol. The Kier molecular flexibility index (Phi) is 6.67. The van der Waals surface area contributed by atoms with Gasteiger partial charge < -0.3 is 10.1 Å². The molecule has 1 amide bonds. The van der Waals surface area contributed by atoms with Gasteiger partial charge >= 0.3 is 0 Å². The van der Waals surface area contributed by atoms with E-state index in [1.807, 2.05) is 48.5 Å². The van der Waals surface area contributed by atoms with Crippen LogP contribution in [0.15, 0.2) is 77.7 Å². The molecule has 0 fully saturated rings. The van der Waals surface area contributed by atoms with Gasteiger partial charge in [-0.05, 0) is 48.5 Å². The second kappa shape index (κ2) is 9.18. The van der Waals surface area contributed by atoms with Gasteiger partial charge in [0.25, 0.3) is 5.91 Å². The Bertz CT molecular complexity index is 917. The normalized spacial score (nSPS) is 11.7. The van der Waals surface area contributed by atoms with Gasteiger partial charge in [0.15, 0.2) is 0 Å². The summed E-state index contributed by atoms with van der Waals surface area (Å²) in [6, 6.07) is 22.0. The predicted molar refractivity (Wildman–Crippen MR) is 112 cm³/mol. The first-order valence-electron chi connectivity index (χ1n) is 8.18. The van der Waals surface area contributed by atoms with E-state index in [9.17, 15) is 4.79 Å². The average molecular weight is 418 g/mol. The number of nitrogens with one attached hydrogen (secondary N) is 1. The van der Waals surface area contributed by atoms with E-state index in [0.29, 0.717) is 15.6 Å². The summed E-state index contributed by atoms with van der Waals surface area (Å²) in [4.78, 5) is 13.7. The van der Waals surface area contributed by atoms with Crippen LogP contribution in [0.3, 0.4) is 0 Å². The summed E-state index contributed by atoms with van der Waals surface area (Å²) in [5.41, 5.74) is 1.37. The van der Waals surface area contributed by atoms with Crippen molar-refractivity contribution in [2.24, 2.45) is 0 Å². The molecule has 3 rings (SSSR count). The van der Waals surface area contributed by atoms with Gasteiger partial charge in [-0.3, -0.25) is 4.79 Å². The molecule has 0 saturated carbocycles. The molecule has 1 unspecified atom stereocenters. The van der Waals surface area contributed by atoms with E-state index in [2.05, 4.69) is 5.32 Å². The van der Waals surface area contributed by atoms with Crippen LogP contribution in [0.4, 0.5) is 0 Å². The molecule has 0 saturated heterocycles. The lowest BCUT2D eigenvalue weighted by Gasteiger charge is -2.20. The predicted octanol–water partition coefficient (Wildman–Crippen LogP) is 6.22. The number of amides is 1. The lowest BCUT2D eigenvalue weighted by atomic mass is 10.2. The van der Waals surface area contributed by atoms with Crippen molar-refractivity contribution in [3.8, 4) is 5.75 Å². The number of hydrogen-bond donors (Lipinski definition) is 1. The number of benzene rings is 3. The third-order valence-electron chi connectivity index (χ3n) is 3.86. The van der Waals surface area contributed by atoms with Crippen LogP contribution in [-0.2, 0) is 0 Å². The van der Waals surface area contributed by atoms with Gasteiger partial charge in [0.2, 0.25) is 0 Å². The fraction of sp³-hybridized carbons (Fsp3) is 0.0952. The van der Waals surface area contributed by atoms with Crippen LogP contribution >= 0.6 is 35.0 Å². The van der Waals surface area contributed by atoms with Crippen molar-refractivity contribution in [3.05, 3.63) is 94.0 Å². The Morgan fingerprint density at radius 1 is 1.00 bits per heavy atom. The van der Waals surface area contributed by atoms with Crippen LogP contribution in [0.1, 0.15) is 21.3 Å². The summed E-state index contributed by atoms with van der Waals surface area (Å²) in [7, 11) is 1.62. The average Bonchev–Trinajstić information content (AvgIpc) is 2.69. The third kappa shape index (κ3) is 5.19. The van der Waals surface area contributed by atoms with Gasteiger partial charge in [-0.15, -0.1) is 0 Å². The number of ether oxygens (including phenoxy) is 1. The second-order valence-corrected chi connectivity index (χ2v) is 7.70. The van der Waals surface area contributed by atoms with Gasteiger partial charge in [0.1, 0.15) is 11.1 Å². The first-order valence-corrected chi connectivity index (χ1v) is 9.82. The number of thioether (sulfide) groups is 1. The molecule has 0 aliphatic rings. The highest BCUT2D eigenvalue weighted by atomic mass is 35.5. The molecule has 138 valence electrons. The van der Waals surface area contributed by atoms with Crippen molar-refractivity contribution in [2.75, 3.05) is 7.11 Å². The first kappa shape index (κ1) is 19.6. The molecule has 3 aromatic carbocycles. The Morgan fingerprint density at radius 2 is 1.70 bits per heavy atom. The molecule has 1 atom stereocenters. The number of carbonyl (C=O) groups is 1. The Morgan fingerprint density at radius 3 is 2.33 bits per heavy atom. The number of halogens is 2. The van der Waals surface area contributed by atoms with E-state index in [1.54, 1.807) is 31.4 Å². The van der Waals surface area contributed by atoms with E-state index in [4.69, 9.17) is 27.9 Å². The molecule has 27 heavy (non-hydrogen) atoms. The molecule has 6 heteroatoms. The first-order chi connectivity index (χ1) is 13.1. The zero-order valence-corrected chi connectivity index (χ0v) is 16.8. The molecule has 1 N–H and O–H groups in total. The zero-order chi connectivity index (χ0) is 19.2. The fourth-order valence-corrected chi connectivity index (χ4v) is 4.11. The lowest BCUT2D eigenvalue weighted by Crippen LogP contribution is -2.26. The van der Waals surface area contributed by atoms with Gasteiger partial charge in [-0.1, -0.05) is 59.2 Å². The molecule has 0 radical (unpaired) electrons. The largest absolute Gasteiger partial charge is 0.497 e. The van der Waals surface area contributed by atoms with Gasteiger partial charge in [0.05, 0.1) is 7.11 Å². The van der Waals surface area contributed by atoms with Crippen LogP contribution in [0.2, 0.25) is 10.0 Å². The summed E-state index contributed by atoms with van der Waals surface area (Å²) in [5.74, 6) is 0.598. The summed E-state index contributed by atoms with van der Waals surface area (Å²) < 4.78 is 5.20. The standard InChI is InChI=1S/C21H17Cl2NO2S/c1-26-16-8-10-17(11-9-16)27-21(18-12-7-15(22)13-19(18)23)24-20(25)14-5-3-2-4-6-14/h2-13,21H,1H3,(H,24,25). The number of rotatable bonds is 6. The van der Waals surface area contributed by atoms with Crippen molar-refractivity contribution >= 4 is 40.9 Å². The van der Waals surface area contributed by atoms with Crippen molar-refractivity contribution in [1.29, 1.82) is 0 Å². The Labute approximate surface area is 172 Å². The number of hydrogen-bond acceptors (Lipinski definition) is 3. The smallest absolute Gasteiger partial charge is 0.252 e. The molecular weight excluding hydrogens is 401 g/mol.